The quantitative estimate of drug-likeness (QED) is 0.688. The standard InChI is InChI=1S/C16H14N4O4/c1-4-7-20-15(21)12-14(19-16(20)22)18-13(17-12)9-5-6-10(23-2)11(8-9)24-3/h1,5-6,8H,7H2,2-3H3,(H,17,18)(H,19,22). The highest BCUT2D eigenvalue weighted by Crippen LogP contribution is 2.31. The van der Waals surface area contributed by atoms with Crippen LogP contribution in [0.5, 0.6) is 11.5 Å². The molecule has 0 radical (unpaired) electrons. The van der Waals surface area contributed by atoms with E-state index in [9.17, 15) is 9.59 Å². The fourth-order valence-corrected chi connectivity index (χ4v) is 2.37. The smallest absolute Gasteiger partial charge is 0.330 e. The van der Waals surface area contributed by atoms with Crippen molar-refractivity contribution in [2.24, 2.45) is 0 Å². The Bertz CT molecular complexity index is 1070. The lowest BCUT2D eigenvalue weighted by Gasteiger charge is -2.08. The van der Waals surface area contributed by atoms with Crippen LogP contribution in [-0.4, -0.2) is 33.7 Å². The van der Waals surface area contributed by atoms with Gasteiger partial charge in [0.25, 0.3) is 5.56 Å². The summed E-state index contributed by atoms with van der Waals surface area (Å²) < 4.78 is 11.4. The molecule has 8 heteroatoms. The third-order valence-corrected chi connectivity index (χ3v) is 3.54. The molecule has 0 saturated carbocycles. The summed E-state index contributed by atoms with van der Waals surface area (Å²) in [7, 11) is 3.06. The molecular formula is C16H14N4O4. The van der Waals surface area contributed by atoms with E-state index in [1.54, 1.807) is 18.2 Å². The number of benzene rings is 1. The molecule has 0 bridgehead atoms. The zero-order valence-electron chi connectivity index (χ0n) is 13.0. The van der Waals surface area contributed by atoms with E-state index in [2.05, 4.69) is 20.9 Å². The van der Waals surface area contributed by atoms with Crippen molar-refractivity contribution < 1.29 is 9.47 Å². The molecule has 122 valence electrons. The topological polar surface area (TPSA) is 102 Å². The molecule has 24 heavy (non-hydrogen) atoms. The van der Waals surface area contributed by atoms with Gasteiger partial charge in [0.05, 0.1) is 20.8 Å². The van der Waals surface area contributed by atoms with Gasteiger partial charge in [-0.3, -0.25) is 9.78 Å². The van der Waals surface area contributed by atoms with Gasteiger partial charge in [-0.05, 0) is 18.2 Å². The summed E-state index contributed by atoms with van der Waals surface area (Å²) in [4.78, 5) is 34.0. The minimum absolute atomic E-state index is 0.116. The predicted octanol–water partition coefficient (Wildman–Crippen LogP) is 0.730. The number of terminal acetylenes is 1. The molecule has 0 aliphatic rings. The lowest BCUT2D eigenvalue weighted by molar-refractivity contribution is 0.355. The van der Waals surface area contributed by atoms with E-state index < -0.39 is 11.2 Å². The highest BCUT2D eigenvalue weighted by molar-refractivity contribution is 5.75. The summed E-state index contributed by atoms with van der Waals surface area (Å²) in [5.74, 6) is 3.78. The zero-order valence-corrected chi connectivity index (χ0v) is 13.0. The van der Waals surface area contributed by atoms with Gasteiger partial charge in [0, 0.05) is 5.56 Å². The monoisotopic (exact) mass is 326 g/mol. The van der Waals surface area contributed by atoms with Crippen molar-refractivity contribution in [2.75, 3.05) is 14.2 Å². The summed E-state index contributed by atoms with van der Waals surface area (Å²) >= 11 is 0. The Labute approximate surface area is 136 Å². The van der Waals surface area contributed by atoms with Crippen LogP contribution in [0.25, 0.3) is 22.6 Å². The highest BCUT2D eigenvalue weighted by atomic mass is 16.5. The molecule has 0 fully saturated rings. The molecule has 0 aliphatic heterocycles. The van der Waals surface area contributed by atoms with E-state index in [0.29, 0.717) is 22.9 Å². The van der Waals surface area contributed by atoms with Crippen LogP contribution in [0.15, 0.2) is 27.8 Å². The molecule has 0 amide bonds. The second-order valence-corrected chi connectivity index (χ2v) is 4.90. The van der Waals surface area contributed by atoms with Crippen molar-refractivity contribution in [3.05, 3.63) is 39.0 Å². The Morgan fingerprint density at radius 2 is 1.96 bits per heavy atom. The van der Waals surface area contributed by atoms with E-state index >= 15 is 0 Å². The summed E-state index contributed by atoms with van der Waals surface area (Å²) in [6.45, 7) is -0.116. The first-order chi connectivity index (χ1) is 11.6. The summed E-state index contributed by atoms with van der Waals surface area (Å²) in [5.41, 5.74) is -0.105. The number of H-pyrrole nitrogens is 2. The van der Waals surface area contributed by atoms with Crippen LogP contribution in [-0.2, 0) is 6.54 Å². The van der Waals surface area contributed by atoms with Crippen molar-refractivity contribution in [1.29, 1.82) is 0 Å². The number of nitrogens with one attached hydrogen (secondary N) is 2. The Hall–Kier alpha value is -3.47. The van der Waals surface area contributed by atoms with Crippen molar-refractivity contribution in [2.45, 2.75) is 6.54 Å². The number of aromatic amines is 2. The Balaban J connectivity index is 2.19. The number of imidazole rings is 1. The number of aromatic nitrogens is 4. The average molecular weight is 326 g/mol. The minimum atomic E-state index is -0.601. The Morgan fingerprint density at radius 1 is 1.21 bits per heavy atom. The molecule has 2 aromatic heterocycles. The Kier molecular flexibility index (Phi) is 3.83. The van der Waals surface area contributed by atoms with Crippen LogP contribution in [0.4, 0.5) is 0 Å². The number of rotatable bonds is 4. The normalized spacial score (nSPS) is 10.5. The van der Waals surface area contributed by atoms with Crippen molar-refractivity contribution in [1.82, 2.24) is 19.5 Å². The average Bonchev–Trinajstić information content (AvgIpc) is 3.02. The fraction of sp³-hybridized carbons (Fsp3) is 0.188. The minimum Gasteiger partial charge on any atom is -0.493 e. The molecule has 0 aliphatic carbocycles. The van der Waals surface area contributed by atoms with Gasteiger partial charge < -0.3 is 14.5 Å². The zero-order chi connectivity index (χ0) is 17.3. The molecule has 3 rings (SSSR count). The van der Waals surface area contributed by atoms with Gasteiger partial charge in [0.2, 0.25) is 0 Å². The van der Waals surface area contributed by atoms with Gasteiger partial charge in [0.1, 0.15) is 11.3 Å². The number of hydrogen-bond donors (Lipinski definition) is 2. The molecule has 2 N–H and O–H groups in total. The molecular weight excluding hydrogens is 312 g/mol. The van der Waals surface area contributed by atoms with Gasteiger partial charge in [-0.1, -0.05) is 5.92 Å². The van der Waals surface area contributed by atoms with E-state index in [1.165, 1.54) is 14.2 Å². The number of ether oxygens (including phenoxy) is 2. The van der Waals surface area contributed by atoms with Gasteiger partial charge in [-0.25, -0.2) is 14.3 Å². The molecule has 0 saturated heterocycles. The van der Waals surface area contributed by atoms with E-state index in [-0.39, 0.29) is 17.7 Å². The second-order valence-electron chi connectivity index (χ2n) is 4.90. The molecule has 8 nitrogen and oxygen atoms in total. The Morgan fingerprint density at radius 3 is 2.62 bits per heavy atom. The maximum atomic E-state index is 12.3. The van der Waals surface area contributed by atoms with Gasteiger partial charge in [0.15, 0.2) is 17.1 Å². The first-order valence-electron chi connectivity index (χ1n) is 6.97. The third kappa shape index (κ3) is 2.42. The number of hydrogen-bond acceptors (Lipinski definition) is 5. The fourth-order valence-electron chi connectivity index (χ4n) is 2.37. The molecule has 0 spiro atoms. The molecule has 0 unspecified atom stereocenters. The summed E-state index contributed by atoms with van der Waals surface area (Å²) in [6.07, 6.45) is 5.18. The van der Waals surface area contributed by atoms with Gasteiger partial charge in [-0.15, -0.1) is 6.42 Å². The SMILES string of the molecule is C#CCn1c(=O)[nH]c2nc(-c3ccc(OC)c(OC)c3)[nH]c2c1=O. The number of nitrogens with zero attached hydrogens (tertiary/aromatic N) is 2. The third-order valence-electron chi connectivity index (χ3n) is 3.54. The van der Waals surface area contributed by atoms with Crippen LogP contribution in [0.3, 0.4) is 0 Å². The first kappa shape index (κ1) is 15.4. The van der Waals surface area contributed by atoms with Crippen molar-refractivity contribution >= 4 is 11.2 Å². The molecule has 3 aromatic rings. The second kappa shape index (κ2) is 5.96. The lowest BCUT2D eigenvalue weighted by Crippen LogP contribution is -2.34. The van der Waals surface area contributed by atoms with Gasteiger partial charge in [-0.2, -0.15) is 0 Å². The van der Waals surface area contributed by atoms with E-state index in [4.69, 9.17) is 15.9 Å². The molecule has 0 atom stereocenters. The highest BCUT2D eigenvalue weighted by Gasteiger charge is 2.14. The van der Waals surface area contributed by atoms with Crippen molar-refractivity contribution in [3.8, 4) is 35.2 Å². The largest absolute Gasteiger partial charge is 0.493 e. The number of methoxy groups -OCH3 is 2. The lowest BCUT2D eigenvalue weighted by atomic mass is 10.2. The van der Waals surface area contributed by atoms with Gasteiger partial charge >= 0.3 is 5.69 Å². The van der Waals surface area contributed by atoms with E-state index in [0.717, 1.165) is 4.57 Å². The first-order valence-corrected chi connectivity index (χ1v) is 6.97. The maximum absolute atomic E-state index is 12.3. The summed E-state index contributed by atoms with van der Waals surface area (Å²) in [6, 6.07) is 5.20. The predicted molar refractivity (Wildman–Crippen MR) is 88.3 cm³/mol. The van der Waals surface area contributed by atoms with Crippen LogP contribution in [0.1, 0.15) is 0 Å². The summed E-state index contributed by atoms with van der Waals surface area (Å²) in [5, 5.41) is 0. The van der Waals surface area contributed by atoms with Crippen molar-refractivity contribution in [3.63, 3.8) is 0 Å². The van der Waals surface area contributed by atoms with Crippen LogP contribution < -0.4 is 20.7 Å². The van der Waals surface area contributed by atoms with Crippen LogP contribution in [0, 0.1) is 12.3 Å². The van der Waals surface area contributed by atoms with E-state index in [1.807, 2.05) is 0 Å². The molecule has 1 aromatic carbocycles. The van der Waals surface area contributed by atoms with Crippen LogP contribution in [0.2, 0.25) is 0 Å². The maximum Gasteiger partial charge on any atom is 0.330 e. The number of fused-ring (bicyclic) bond motifs is 1. The molecule has 2 heterocycles. The van der Waals surface area contributed by atoms with Crippen LogP contribution >= 0.6 is 0 Å².